The van der Waals surface area contributed by atoms with Gasteiger partial charge in [0.15, 0.2) is 0 Å². The minimum Gasteiger partial charge on any atom is -0.394 e. The Morgan fingerprint density at radius 3 is 0.811 bits per heavy atom. The number of methoxy groups -OCH3 is 1. The molecule has 0 saturated carbocycles. The van der Waals surface area contributed by atoms with Crippen LogP contribution in [0.2, 0.25) is 0 Å². The molecule has 13 nitrogen and oxygen atoms in total. The molecule has 0 radical (unpaired) electrons. The van der Waals surface area contributed by atoms with Gasteiger partial charge in [0.05, 0.1) is 145 Å². The lowest BCUT2D eigenvalue weighted by Crippen LogP contribution is -2.21. The zero-order chi connectivity index (χ0) is 26.9. The molecule has 1 atom stereocenters. The van der Waals surface area contributed by atoms with Gasteiger partial charge in [0.1, 0.15) is 6.10 Å². The highest BCUT2D eigenvalue weighted by molar-refractivity contribution is 4.48. The van der Waals surface area contributed by atoms with E-state index >= 15 is 0 Å². The quantitative estimate of drug-likeness (QED) is 0.0988. The van der Waals surface area contributed by atoms with E-state index < -0.39 is 6.10 Å². The number of ether oxygens (including phenoxy) is 11. The largest absolute Gasteiger partial charge is 0.394 e. The van der Waals surface area contributed by atoms with E-state index in [4.69, 9.17) is 62.3 Å². The molecular formula is C24H50O13. The summed E-state index contributed by atoms with van der Waals surface area (Å²) in [6, 6.07) is 0. The zero-order valence-electron chi connectivity index (χ0n) is 22.5. The molecule has 224 valence electrons. The van der Waals surface area contributed by atoms with Gasteiger partial charge in [0, 0.05) is 7.11 Å². The molecule has 37 heavy (non-hydrogen) atoms. The average molecular weight is 547 g/mol. The second-order valence-electron chi connectivity index (χ2n) is 7.42. The molecule has 0 fully saturated rings. The second kappa shape index (κ2) is 33.5. The van der Waals surface area contributed by atoms with Crippen molar-refractivity contribution in [2.45, 2.75) is 6.10 Å². The topological polar surface area (TPSA) is 142 Å². The average Bonchev–Trinajstić information content (AvgIpc) is 2.91. The highest BCUT2D eigenvalue weighted by atomic mass is 16.6. The van der Waals surface area contributed by atoms with Crippen LogP contribution in [0.15, 0.2) is 0 Å². The molecule has 0 saturated heterocycles. The summed E-state index contributed by atoms with van der Waals surface area (Å²) in [5, 5.41) is 17.7. The van der Waals surface area contributed by atoms with E-state index in [1.807, 2.05) is 0 Å². The lowest BCUT2D eigenvalue weighted by atomic mass is 10.4. The summed E-state index contributed by atoms with van der Waals surface area (Å²) in [6.45, 7) is 9.82. The number of hydrogen-bond acceptors (Lipinski definition) is 13. The molecule has 1 unspecified atom stereocenters. The van der Waals surface area contributed by atoms with E-state index in [0.717, 1.165) is 0 Å². The molecule has 0 aromatic heterocycles. The Labute approximate surface area is 221 Å². The van der Waals surface area contributed by atoms with Crippen molar-refractivity contribution in [3.05, 3.63) is 0 Å². The summed E-state index contributed by atoms with van der Waals surface area (Å²) in [5.41, 5.74) is 0. The fraction of sp³-hybridized carbons (Fsp3) is 1.00. The van der Waals surface area contributed by atoms with Crippen molar-refractivity contribution in [3.63, 3.8) is 0 Å². The number of hydrogen-bond donors (Lipinski definition) is 2. The summed E-state index contributed by atoms with van der Waals surface area (Å²) < 4.78 is 58.5. The maximum absolute atomic E-state index is 9.09. The molecule has 0 heterocycles. The van der Waals surface area contributed by atoms with Crippen LogP contribution in [0.1, 0.15) is 0 Å². The van der Waals surface area contributed by atoms with Gasteiger partial charge in [-0.1, -0.05) is 0 Å². The van der Waals surface area contributed by atoms with E-state index in [0.29, 0.717) is 132 Å². The van der Waals surface area contributed by atoms with E-state index in [2.05, 4.69) is 0 Å². The van der Waals surface area contributed by atoms with Gasteiger partial charge in [-0.25, -0.2) is 0 Å². The van der Waals surface area contributed by atoms with Crippen molar-refractivity contribution in [2.75, 3.05) is 152 Å². The molecule has 0 bridgehead atoms. The lowest BCUT2D eigenvalue weighted by Gasteiger charge is -2.09. The number of rotatable bonds is 33. The fourth-order valence-electron chi connectivity index (χ4n) is 2.39. The minimum absolute atomic E-state index is 0.0990. The van der Waals surface area contributed by atoms with Gasteiger partial charge >= 0.3 is 0 Å². The maximum atomic E-state index is 9.09. The van der Waals surface area contributed by atoms with E-state index in [1.165, 1.54) is 0 Å². The number of aliphatic hydroxyl groups is 2. The van der Waals surface area contributed by atoms with Gasteiger partial charge in [-0.05, 0) is 0 Å². The van der Waals surface area contributed by atoms with E-state index in [9.17, 15) is 0 Å². The van der Waals surface area contributed by atoms with Crippen LogP contribution < -0.4 is 0 Å². The van der Waals surface area contributed by atoms with Gasteiger partial charge in [-0.3, -0.25) is 0 Å². The van der Waals surface area contributed by atoms with Crippen molar-refractivity contribution in [2.24, 2.45) is 0 Å². The van der Waals surface area contributed by atoms with Crippen LogP contribution in [0, 0.1) is 0 Å². The first-order valence-electron chi connectivity index (χ1n) is 12.9. The summed E-state index contributed by atoms with van der Waals surface area (Å²) in [4.78, 5) is 0. The molecule has 0 aliphatic carbocycles. The smallest absolute Gasteiger partial charge is 0.100 e. The van der Waals surface area contributed by atoms with Gasteiger partial charge < -0.3 is 62.3 Å². The van der Waals surface area contributed by atoms with Gasteiger partial charge in [0.2, 0.25) is 0 Å². The Balaban J connectivity index is 3.02. The molecule has 0 aliphatic rings. The third-order valence-corrected chi connectivity index (χ3v) is 4.30. The van der Waals surface area contributed by atoms with Crippen LogP contribution in [0.4, 0.5) is 0 Å². The van der Waals surface area contributed by atoms with Crippen molar-refractivity contribution in [3.8, 4) is 0 Å². The van der Waals surface area contributed by atoms with Crippen LogP contribution in [0.5, 0.6) is 0 Å². The standard InChI is InChI=1S/C24H50O13/c1-27-2-3-28-4-5-29-6-7-30-8-9-31-10-11-32-12-13-33-14-15-34-16-17-35-18-19-36-20-21-37-23-24(26)22-25/h24-26H,2-23H2,1H3. The highest BCUT2D eigenvalue weighted by Gasteiger charge is 2.00. The van der Waals surface area contributed by atoms with Crippen molar-refractivity contribution in [1.82, 2.24) is 0 Å². The molecule has 13 heteroatoms. The predicted octanol–water partition coefficient (Wildman–Crippen LogP) is -0.848. The fourth-order valence-corrected chi connectivity index (χ4v) is 2.39. The molecule has 0 aromatic carbocycles. The number of aliphatic hydroxyl groups excluding tert-OH is 2. The Bertz CT molecular complexity index is 407. The third-order valence-electron chi connectivity index (χ3n) is 4.30. The first-order chi connectivity index (χ1) is 18.3. The SMILES string of the molecule is COCCOCCOCCOCCOCCOCCOCCOCCOCCOCCOCC(O)CO. The minimum atomic E-state index is -0.843. The predicted molar refractivity (Wildman–Crippen MR) is 133 cm³/mol. The Morgan fingerprint density at radius 2 is 0.595 bits per heavy atom. The van der Waals surface area contributed by atoms with E-state index in [1.54, 1.807) is 7.11 Å². The van der Waals surface area contributed by atoms with Crippen molar-refractivity contribution < 1.29 is 62.3 Å². The van der Waals surface area contributed by atoms with Gasteiger partial charge in [-0.15, -0.1) is 0 Å². The zero-order valence-corrected chi connectivity index (χ0v) is 22.5. The Morgan fingerprint density at radius 1 is 0.378 bits per heavy atom. The first-order valence-corrected chi connectivity index (χ1v) is 12.9. The van der Waals surface area contributed by atoms with Crippen LogP contribution >= 0.6 is 0 Å². The maximum Gasteiger partial charge on any atom is 0.100 e. The van der Waals surface area contributed by atoms with Crippen molar-refractivity contribution in [1.29, 1.82) is 0 Å². The third kappa shape index (κ3) is 33.5. The summed E-state index contributed by atoms with van der Waals surface area (Å²) in [5.74, 6) is 0. The van der Waals surface area contributed by atoms with Crippen LogP contribution in [-0.2, 0) is 52.1 Å². The summed E-state index contributed by atoms with van der Waals surface area (Å²) >= 11 is 0. The summed E-state index contributed by atoms with van der Waals surface area (Å²) in [6.07, 6.45) is -0.843. The van der Waals surface area contributed by atoms with E-state index in [-0.39, 0.29) is 13.2 Å². The molecule has 2 N–H and O–H groups in total. The molecule has 0 amide bonds. The molecule has 0 rings (SSSR count). The molecule has 0 aromatic rings. The lowest BCUT2D eigenvalue weighted by molar-refractivity contribution is -0.0324. The monoisotopic (exact) mass is 546 g/mol. The Hall–Kier alpha value is -0.520. The molecule has 0 spiro atoms. The van der Waals surface area contributed by atoms with Crippen molar-refractivity contribution >= 4 is 0 Å². The molecule has 0 aliphatic heterocycles. The first kappa shape index (κ1) is 36.5. The molecular weight excluding hydrogens is 496 g/mol. The summed E-state index contributed by atoms with van der Waals surface area (Å²) in [7, 11) is 1.64. The van der Waals surface area contributed by atoms with Crippen LogP contribution in [0.3, 0.4) is 0 Å². The normalized spacial score (nSPS) is 12.4. The highest BCUT2D eigenvalue weighted by Crippen LogP contribution is 1.87. The van der Waals surface area contributed by atoms with Gasteiger partial charge in [-0.2, -0.15) is 0 Å². The van der Waals surface area contributed by atoms with Crippen LogP contribution in [-0.4, -0.2) is 169 Å². The van der Waals surface area contributed by atoms with Gasteiger partial charge in [0.25, 0.3) is 0 Å². The second-order valence-corrected chi connectivity index (χ2v) is 7.42. The Kier molecular flexibility index (Phi) is 33.0. The van der Waals surface area contributed by atoms with Crippen LogP contribution in [0.25, 0.3) is 0 Å².